The number of ether oxygens (including phenoxy) is 1. The lowest BCUT2D eigenvalue weighted by Crippen LogP contribution is -2.24. The average molecular weight is 460 g/mol. The molecule has 0 heterocycles. The van der Waals surface area contributed by atoms with Crippen molar-refractivity contribution in [1.29, 1.82) is 0 Å². The van der Waals surface area contributed by atoms with Gasteiger partial charge in [-0.1, -0.05) is 85.0 Å². The number of amides is 1. The van der Waals surface area contributed by atoms with E-state index in [-0.39, 0.29) is 11.3 Å². The summed E-state index contributed by atoms with van der Waals surface area (Å²) < 4.78 is 5.98. The Morgan fingerprint density at radius 3 is 2.24 bits per heavy atom. The molecular weight excluding hydrogens is 410 g/mol. The summed E-state index contributed by atoms with van der Waals surface area (Å²) in [5.41, 5.74) is 1.21. The number of rotatable bonds is 19. The van der Waals surface area contributed by atoms with Crippen molar-refractivity contribution in [2.45, 2.75) is 135 Å². The molecule has 1 saturated carbocycles. The van der Waals surface area contributed by atoms with Crippen molar-refractivity contribution < 1.29 is 14.6 Å². The minimum atomic E-state index is 0.0472. The van der Waals surface area contributed by atoms with Crippen LogP contribution in [0.25, 0.3) is 0 Å². The number of unbranched alkanes of at least 4 members (excludes halogenated alkanes) is 10. The average Bonchev–Trinajstić information content (AvgIpc) is 3.58. The first kappa shape index (κ1) is 27.5. The van der Waals surface area contributed by atoms with Crippen LogP contribution in [0.4, 0.5) is 0 Å². The molecule has 0 unspecified atom stereocenters. The zero-order chi connectivity index (χ0) is 23.9. The molecule has 4 nitrogen and oxygen atoms in total. The number of carbonyl (C=O) groups excluding carboxylic acids is 1. The van der Waals surface area contributed by atoms with Crippen LogP contribution in [-0.4, -0.2) is 23.7 Å². The number of hydrogen-bond acceptors (Lipinski definition) is 3. The van der Waals surface area contributed by atoms with Crippen molar-refractivity contribution in [3.05, 3.63) is 23.8 Å². The maximum absolute atomic E-state index is 11.6. The van der Waals surface area contributed by atoms with Crippen LogP contribution in [0.15, 0.2) is 18.2 Å². The van der Waals surface area contributed by atoms with Crippen LogP contribution in [-0.2, 0) is 10.2 Å². The summed E-state index contributed by atoms with van der Waals surface area (Å²) in [5, 5.41) is 13.3. The van der Waals surface area contributed by atoms with Crippen molar-refractivity contribution in [1.82, 2.24) is 5.32 Å². The van der Waals surface area contributed by atoms with E-state index in [9.17, 15) is 9.90 Å². The first-order valence-corrected chi connectivity index (χ1v) is 13.7. The van der Waals surface area contributed by atoms with Gasteiger partial charge in [0.25, 0.3) is 0 Å². The maximum atomic E-state index is 11.6. The zero-order valence-corrected chi connectivity index (χ0v) is 21.6. The van der Waals surface area contributed by atoms with Gasteiger partial charge in [0.2, 0.25) is 5.91 Å². The van der Waals surface area contributed by atoms with Gasteiger partial charge in [-0.05, 0) is 55.2 Å². The van der Waals surface area contributed by atoms with Gasteiger partial charge in [-0.15, -0.1) is 0 Å². The van der Waals surface area contributed by atoms with E-state index < -0.39 is 0 Å². The topological polar surface area (TPSA) is 58.6 Å². The Bertz CT molecular complexity index is 681. The third-order valence-corrected chi connectivity index (χ3v) is 6.84. The van der Waals surface area contributed by atoms with Crippen molar-refractivity contribution in [3.8, 4) is 11.5 Å². The second-order valence-corrected chi connectivity index (χ2v) is 10.7. The molecule has 0 spiro atoms. The highest BCUT2D eigenvalue weighted by Crippen LogP contribution is 2.34. The Morgan fingerprint density at radius 1 is 0.939 bits per heavy atom. The van der Waals surface area contributed by atoms with Crippen LogP contribution < -0.4 is 10.1 Å². The predicted molar refractivity (Wildman–Crippen MR) is 138 cm³/mol. The normalized spacial score (nSPS) is 13.8. The fraction of sp³-hybridized carbons (Fsp3) is 0.759. The molecular formula is C29H49NO3. The maximum Gasteiger partial charge on any atom is 0.220 e. The summed E-state index contributed by atoms with van der Waals surface area (Å²) in [4.78, 5) is 11.6. The van der Waals surface area contributed by atoms with E-state index in [2.05, 4.69) is 32.2 Å². The third kappa shape index (κ3) is 12.4. The zero-order valence-electron chi connectivity index (χ0n) is 21.6. The molecule has 0 saturated heterocycles. The third-order valence-electron chi connectivity index (χ3n) is 6.84. The van der Waals surface area contributed by atoms with Gasteiger partial charge in [0.15, 0.2) is 0 Å². The van der Waals surface area contributed by atoms with Crippen molar-refractivity contribution >= 4 is 5.91 Å². The monoisotopic (exact) mass is 459 g/mol. The lowest BCUT2D eigenvalue weighted by molar-refractivity contribution is -0.121. The molecule has 1 fully saturated rings. The van der Waals surface area contributed by atoms with Crippen molar-refractivity contribution in [2.24, 2.45) is 0 Å². The summed E-state index contributed by atoms with van der Waals surface area (Å²) in [6.45, 7) is 7.47. The lowest BCUT2D eigenvalue weighted by Gasteiger charge is -2.26. The van der Waals surface area contributed by atoms with E-state index in [0.29, 0.717) is 24.8 Å². The van der Waals surface area contributed by atoms with Gasteiger partial charge in [-0.25, -0.2) is 0 Å². The number of carbonyl (C=O) groups is 1. The second kappa shape index (κ2) is 15.2. The molecule has 1 aliphatic rings. The molecule has 4 heteroatoms. The van der Waals surface area contributed by atoms with Crippen molar-refractivity contribution in [3.63, 3.8) is 0 Å². The van der Waals surface area contributed by atoms with E-state index in [1.807, 2.05) is 6.07 Å². The van der Waals surface area contributed by atoms with Crippen molar-refractivity contribution in [2.75, 3.05) is 6.61 Å². The summed E-state index contributed by atoms with van der Waals surface area (Å²) in [5.74, 6) is 1.33. The van der Waals surface area contributed by atoms with E-state index in [1.54, 1.807) is 6.07 Å². The number of phenols is 1. The van der Waals surface area contributed by atoms with Crippen LogP contribution in [0.5, 0.6) is 11.5 Å². The summed E-state index contributed by atoms with van der Waals surface area (Å²) in [6, 6.07) is 6.24. The molecule has 2 rings (SSSR count). The summed E-state index contributed by atoms with van der Waals surface area (Å²) in [7, 11) is 0. The van der Waals surface area contributed by atoms with Gasteiger partial charge in [0.05, 0.1) is 6.61 Å². The van der Waals surface area contributed by atoms with Crippen LogP contribution in [0.1, 0.15) is 129 Å². The number of nitrogens with one attached hydrogen (secondary N) is 1. The van der Waals surface area contributed by atoms with Gasteiger partial charge in [-0.3, -0.25) is 4.79 Å². The quantitative estimate of drug-likeness (QED) is 0.207. The molecule has 33 heavy (non-hydrogen) atoms. The Hall–Kier alpha value is -1.71. The molecule has 1 amide bonds. The first-order chi connectivity index (χ1) is 15.9. The second-order valence-electron chi connectivity index (χ2n) is 10.7. The molecule has 188 valence electrons. The van der Waals surface area contributed by atoms with Gasteiger partial charge in [0.1, 0.15) is 11.5 Å². The largest absolute Gasteiger partial charge is 0.508 e. The molecule has 0 aliphatic heterocycles. The number of hydrogen-bond donors (Lipinski definition) is 2. The molecule has 1 aromatic rings. The Morgan fingerprint density at radius 2 is 1.58 bits per heavy atom. The molecule has 0 radical (unpaired) electrons. The van der Waals surface area contributed by atoms with E-state index in [4.69, 9.17) is 4.74 Å². The molecule has 0 bridgehead atoms. The first-order valence-electron chi connectivity index (χ1n) is 13.7. The minimum absolute atomic E-state index is 0.0472. The van der Waals surface area contributed by atoms with Crippen LogP contribution in [0.2, 0.25) is 0 Å². The standard InChI is InChI=1S/C29H49NO3/c1-4-5-6-14-19-29(2,3)24-21-26(31)23-27(22-24)33-20-15-12-10-8-7-9-11-13-16-28(32)30-25-17-18-25/h21-23,25,31H,4-20H2,1-3H3,(H,30,32). The molecule has 0 atom stereocenters. The Balaban J connectivity index is 1.52. The fourth-order valence-corrected chi connectivity index (χ4v) is 4.36. The highest BCUT2D eigenvalue weighted by molar-refractivity contribution is 5.76. The predicted octanol–water partition coefficient (Wildman–Crippen LogP) is 7.81. The molecule has 0 aromatic heterocycles. The number of benzene rings is 1. The molecule has 2 N–H and O–H groups in total. The molecule has 1 aliphatic carbocycles. The Kier molecular flexibility index (Phi) is 12.7. The van der Waals surface area contributed by atoms with E-state index in [1.165, 1.54) is 76.2 Å². The van der Waals surface area contributed by atoms with Crippen LogP contribution in [0, 0.1) is 0 Å². The van der Waals surface area contributed by atoms with Gasteiger partial charge in [0, 0.05) is 18.5 Å². The number of aromatic hydroxyl groups is 1. The summed E-state index contributed by atoms with van der Waals surface area (Å²) >= 11 is 0. The smallest absolute Gasteiger partial charge is 0.220 e. The van der Waals surface area contributed by atoms with Gasteiger partial charge in [-0.2, -0.15) is 0 Å². The Labute approximate surface area is 202 Å². The van der Waals surface area contributed by atoms with Crippen LogP contribution in [0.3, 0.4) is 0 Å². The van der Waals surface area contributed by atoms with E-state index in [0.717, 1.165) is 31.4 Å². The van der Waals surface area contributed by atoms with Gasteiger partial charge >= 0.3 is 0 Å². The SMILES string of the molecule is CCCCCCC(C)(C)c1cc(O)cc(OCCCCCCCCCCC(=O)NC2CC2)c1. The number of phenolic OH excluding ortho intramolecular Hbond substituents is 1. The minimum Gasteiger partial charge on any atom is -0.508 e. The van der Waals surface area contributed by atoms with Gasteiger partial charge < -0.3 is 15.2 Å². The highest BCUT2D eigenvalue weighted by Gasteiger charge is 2.23. The highest BCUT2D eigenvalue weighted by atomic mass is 16.5. The summed E-state index contributed by atoms with van der Waals surface area (Å²) in [6.07, 6.45) is 18.6. The van der Waals surface area contributed by atoms with Crippen LogP contribution >= 0.6 is 0 Å². The fourth-order valence-electron chi connectivity index (χ4n) is 4.36. The van der Waals surface area contributed by atoms with E-state index >= 15 is 0 Å². The lowest BCUT2D eigenvalue weighted by atomic mass is 9.80. The molecule has 1 aromatic carbocycles.